The van der Waals surface area contributed by atoms with Crippen LogP contribution in [0.2, 0.25) is 0 Å². The van der Waals surface area contributed by atoms with Crippen molar-refractivity contribution in [2.45, 2.75) is 25.8 Å². The molecule has 1 N–H and O–H groups in total. The molecule has 0 saturated heterocycles. The molecule has 2 amide bonds. The number of benzene rings is 2. The van der Waals surface area contributed by atoms with Gasteiger partial charge in [-0.1, -0.05) is 18.2 Å². The largest absolute Gasteiger partial charge is 0.497 e. The van der Waals surface area contributed by atoms with Crippen molar-refractivity contribution in [1.82, 2.24) is 4.90 Å². The number of nitrogens with zero attached hydrogens (tertiary/aromatic N) is 1. The first-order valence-electron chi connectivity index (χ1n) is 8.81. The van der Waals surface area contributed by atoms with Crippen LogP contribution in [0.5, 0.6) is 5.75 Å². The van der Waals surface area contributed by atoms with Gasteiger partial charge < -0.3 is 15.0 Å². The zero-order chi connectivity index (χ0) is 18.7. The van der Waals surface area contributed by atoms with Crippen LogP contribution in [0.1, 0.15) is 41.7 Å². The van der Waals surface area contributed by atoms with Gasteiger partial charge in [0.1, 0.15) is 5.75 Å². The molecule has 2 aromatic rings. The van der Waals surface area contributed by atoms with Crippen molar-refractivity contribution in [3.63, 3.8) is 0 Å². The van der Waals surface area contributed by atoms with Crippen molar-refractivity contribution >= 4 is 17.5 Å². The van der Waals surface area contributed by atoms with Crippen LogP contribution in [0.3, 0.4) is 0 Å². The molecule has 0 spiro atoms. The summed E-state index contributed by atoms with van der Waals surface area (Å²) < 4.78 is 5.18. The van der Waals surface area contributed by atoms with E-state index >= 15 is 0 Å². The Kier molecular flexibility index (Phi) is 5.26. The maximum Gasteiger partial charge on any atom is 0.254 e. The molecule has 5 nitrogen and oxygen atoms in total. The molecule has 1 unspecified atom stereocenters. The standard InChI is InChI=1S/C21H24N2O3/c1-14(15-9-11-19(26-3)12-10-15)23(2)21(25)17-5-4-6-18(13-17)22-20(24)16-7-8-16/h4-6,9-14,16H,7-8H2,1-3H3,(H,22,24). The van der Waals surface area contributed by atoms with Crippen molar-refractivity contribution in [3.05, 3.63) is 59.7 Å². The lowest BCUT2D eigenvalue weighted by Crippen LogP contribution is -2.29. The van der Waals surface area contributed by atoms with Gasteiger partial charge in [-0.2, -0.15) is 0 Å². The lowest BCUT2D eigenvalue weighted by molar-refractivity contribution is -0.117. The quantitative estimate of drug-likeness (QED) is 0.858. The summed E-state index contributed by atoms with van der Waals surface area (Å²) in [4.78, 5) is 26.5. The zero-order valence-corrected chi connectivity index (χ0v) is 15.4. The predicted octanol–water partition coefficient (Wildman–Crippen LogP) is 3.88. The number of amides is 2. The van der Waals surface area contributed by atoms with Crippen LogP contribution in [0.15, 0.2) is 48.5 Å². The molecule has 5 heteroatoms. The summed E-state index contributed by atoms with van der Waals surface area (Å²) in [5.74, 6) is 0.867. The van der Waals surface area contributed by atoms with E-state index in [9.17, 15) is 9.59 Å². The summed E-state index contributed by atoms with van der Waals surface area (Å²) in [5, 5.41) is 2.89. The number of hydrogen-bond acceptors (Lipinski definition) is 3. The highest BCUT2D eigenvalue weighted by molar-refractivity contribution is 5.98. The van der Waals surface area contributed by atoms with Gasteiger partial charge in [0, 0.05) is 24.2 Å². The minimum Gasteiger partial charge on any atom is -0.497 e. The monoisotopic (exact) mass is 352 g/mol. The Morgan fingerprint density at radius 3 is 2.46 bits per heavy atom. The fraction of sp³-hybridized carbons (Fsp3) is 0.333. The first-order valence-corrected chi connectivity index (χ1v) is 8.81. The Morgan fingerprint density at radius 2 is 1.85 bits per heavy atom. The highest BCUT2D eigenvalue weighted by atomic mass is 16.5. The molecule has 1 fully saturated rings. The van der Waals surface area contributed by atoms with E-state index in [0.717, 1.165) is 24.2 Å². The molecule has 0 bridgehead atoms. The fourth-order valence-corrected chi connectivity index (χ4v) is 2.81. The predicted molar refractivity (Wildman–Crippen MR) is 101 cm³/mol. The van der Waals surface area contributed by atoms with Crippen LogP contribution >= 0.6 is 0 Å². The molecule has 0 aromatic heterocycles. The zero-order valence-electron chi connectivity index (χ0n) is 15.4. The topological polar surface area (TPSA) is 58.6 Å². The van der Waals surface area contributed by atoms with Crippen molar-refractivity contribution in [2.24, 2.45) is 5.92 Å². The molecular weight excluding hydrogens is 328 g/mol. The smallest absolute Gasteiger partial charge is 0.254 e. The van der Waals surface area contributed by atoms with Gasteiger partial charge in [0.05, 0.1) is 13.2 Å². The Balaban J connectivity index is 1.71. The molecule has 0 aliphatic heterocycles. The fourth-order valence-electron chi connectivity index (χ4n) is 2.81. The highest BCUT2D eigenvalue weighted by Crippen LogP contribution is 2.30. The third-order valence-electron chi connectivity index (χ3n) is 4.82. The maximum absolute atomic E-state index is 12.9. The van der Waals surface area contributed by atoms with Crippen molar-refractivity contribution < 1.29 is 14.3 Å². The van der Waals surface area contributed by atoms with Crippen molar-refractivity contribution in [1.29, 1.82) is 0 Å². The second kappa shape index (κ2) is 7.60. The number of anilines is 1. The van der Waals surface area contributed by atoms with Gasteiger partial charge in [-0.05, 0) is 55.7 Å². The van der Waals surface area contributed by atoms with E-state index in [1.807, 2.05) is 37.3 Å². The third kappa shape index (κ3) is 4.04. The Bertz CT molecular complexity index is 797. The average Bonchev–Trinajstić information content (AvgIpc) is 3.52. The van der Waals surface area contributed by atoms with E-state index in [0.29, 0.717) is 11.3 Å². The van der Waals surface area contributed by atoms with Gasteiger partial charge in [0.2, 0.25) is 5.91 Å². The highest BCUT2D eigenvalue weighted by Gasteiger charge is 2.29. The summed E-state index contributed by atoms with van der Waals surface area (Å²) in [5.41, 5.74) is 2.25. The lowest BCUT2D eigenvalue weighted by atomic mass is 10.1. The number of nitrogens with one attached hydrogen (secondary N) is 1. The summed E-state index contributed by atoms with van der Waals surface area (Å²) in [6.45, 7) is 1.98. The first kappa shape index (κ1) is 18.0. The molecule has 136 valence electrons. The van der Waals surface area contributed by atoms with Gasteiger partial charge in [0.15, 0.2) is 0 Å². The van der Waals surface area contributed by atoms with E-state index in [4.69, 9.17) is 4.74 Å². The maximum atomic E-state index is 12.9. The van der Waals surface area contributed by atoms with Crippen LogP contribution in [0, 0.1) is 5.92 Å². The first-order chi connectivity index (χ1) is 12.5. The van der Waals surface area contributed by atoms with Gasteiger partial charge in [-0.15, -0.1) is 0 Å². The Morgan fingerprint density at radius 1 is 1.15 bits per heavy atom. The van der Waals surface area contributed by atoms with Crippen molar-refractivity contribution in [2.75, 3.05) is 19.5 Å². The summed E-state index contributed by atoms with van der Waals surface area (Å²) in [6, 6.07) is 14.7. The van der Waals surface area contributed by atoms with Crippen LogP contribution in [0.25, 0.3) is 0 Å². The van der Waals surface area contributed by atoms with Crippen LogP contribution in [-0.2, 0) is 4.79 Å². The van der Waals surface area contributed by atoms with E-state index in [-0.39, 0.29) is 23.8 Å². The normalized spacial score (nSPS) is 14.4. The number of carbonyl (C=O) groups excluding carboxylic acids is 2. The number of rotatable bonds is 6. The van der Waals surface area contributed by atoms with Gasteiger partial charge in [-0.25, -0.2) is 0 Å². The lowest BCUT2D eigenvalue weighted by Gasteiger charge is -2.26. The van der Waals surface area contributed by atoms with Gasteiger partial charge in [0.25, 0.3) is 5.91 Å². The average molecular weight is 352 g/mol. The van der Waals surface area contributed by atoms with E-state index in [1.165, 1.54) is 0 Å². The SMILES string of the molecule is COc1ccc(C(C)N(C)C(=O)c2cccc(NC(=O)C3CC3)c2)cc1. The summed E-state index contributed by atoms with van der Waals surface area (Å²) >= 11 is 0. The Labute approximate surface area is 154 Å². The number of carbonyl (C=O) groups is 2. The van der Waals surface area contributed by atoms with E-state index in [1.54, 1.807) is 37.3 Å². The molecular formula is C21H24N2O3. The molecule has 3 rings (SSSR count). The second-order valence-electron chi connectivity index (χ2n) is 6.71. The van der Waals surface area contributed by atoms with E-state index in [2.05, 4.69) is 5.32 Å². The molecule has 2 aromatic carbocycles. The van der Waals surface area contributed by atoms with Crippen LogP contribution in [0.4, 0.5) is 5.69 Å². The molecule has 1 saturated carbocycles. The van der Waals surface area contributed by atoms with Gasteiger partial charge >= 0.3 is 0 Å². The number of methoxy groups -OCH3 is 1. The number of ether oxygens (including phenoxy) is 1. The minimum atomic E-state index is -0.0872. The van der Waals surface area contributed by atoms with Crippen LogP contribution < -0.4 is 10.1 Å². The molecule has 1 aliphatic carbocycles. The Hall–Kier alpha value is -2.82. The second-order valence-corrected chi connectivity index (χ2v) is 6.71. The molecule has 0 heterocycles. The molecule has 26 heavy (non-hydrogen) atoms. The van der Waals surface area contributed by atoms with Crippen molar-refractivity contribution in [3.8, 4) is 5.75 Å². The number of hydrogen-bond donors (Lipinski definition) is 1. The molecule has 0 radical (unpaired) electrons. The summed E-state index contributed by atoms with van der Waals surface area (Å²) in [6.07, 6.45) is 1.90. The molecule has 1 aliphatic rings. The van der Waals surface area contributed by atoms with Crippen LogP contribution in [-0.4, -0.2) is 30.9 Å². The van der Waals surface area contributed by atoms with E-state index < -0.39 is 0 Å². The summed E-state index contributed by atoms with van der Waals surface area (Å²) in [7, 11) is 3.41. The molecule has 1 atom stereocenters. The minimum absolute atomic E-state index is 0.0366. The third-order valence-corrected chi connectivity index (χ3v) is 4.82. The van der Waals surface area contributed by atoms with Gasteiger partial charge in [-0.3, -0.25) is 9.59 Å².